The van der Waals surface area contributed by atoms with Crippen LogP contribution < -0.4 is 9.62 Å². The van der Waals surface area contributed by atoms with Gasteiger partial charge in [0.1, 0.15) is 4.90 Å². The molecule has 0 radical (unpaired) electrons. The highest BCUT2D eigenvalue weighted by atomic mass is 35.5. The van der Waals surface area contributed by atoms with E-state index in [0.717, 1.165) is 0 Å². The van der Waals surface area contributed by atoms with Crippen molar-refractivity contribution in [3.05, 3.63) is 53.1 Å². The van der Waals surface area contributed by atoms with Crippen LogP contribution in [0, 0.1) is 0 Å². The van der Waals surface area contributed by atoms with Crippen molar-refractivity contribution in [1.29, 1.82) is 0 Å². The minimum atomic E-state index is -5.08. The van der Waals surface area contributed by atoms with Crippen molar-refractivity contribution >= 4 is 44.9 Å². The summed E-state index contributed by atoms with van der Waals surface area (Å²) in [5.74, 6) is -3.88. The summed E-state index contributed by atoms with van der Waals surface area (Å²) >= 11 is 5.94. The third kappa shape index (κ3) is 7.31. The fraction of sp³-hybridized carbons (Fsp3) is 0.263. The molecule has 0 saturated carbocycles. The lowest BCUT2D eigenvalue weighted by Crippen LogP contribution is -2.24. The molecule has 0 heterocycles. The van der Waals surface area contributed by atoms with E-state index in [9.17, 15) is 31.5 Å². The fourth-order valence-electron chi connectivity index (χ4n) is 2.48. The lowest BCUT2D eigenvalue weighted by atomic mass is 10.1. The van der Waals surface area contributed by atoms with Crippen molar-refractivity contribution in [3.63, 3.8) is 0 Å². The molecule has 0 fully saturated rings. The first-order valence-corrected chi connectivity index (χ1v) is 10.8. The molecule has 0 aliphatic carbocycles. The quantitative estimate of drug-likeness (QED) is 0.521. The number of hydrogen-bond acceptors (Lipinski definition) is 5. The van der Waals surface area contributed by atoms with Crippen molar-refractivity contribution in [2.75, 3.05) is 22.7 Å². The van der Waals surface area contributed by atoms with Gasteiger partial charge in [-0.3, -0.25) is 4.72 Å². The monoisotopic (exact) mass is 496 g/mol. The molecule has 0 unspecified atom stereocenters. The van der Waals surface area contributed by atoms with Crippen LogP contribution in [0.2, 0.25) is 5.02 Å². The van der Waals surface area contributed by atoms with Gasteiger partial charge in [0.2, 0.25) is 0 Å². The molecule has 2 aromatic carbocycles. The minimum Gasteiger partial charge on any atom is -0.478 e. The molecule has 0 amide bonds. The minimum absolute atomic E-state index is 0.0306. The standard InChI is InChI=1S/C17H19ClN2O4S.C2HF3O2/c1-3-20(4-2)15-10-9-12(11-13(15)17(21)22)19-25(23,24)16-8-6-5-7-14(16)18;3-2(4,5)1(6)7/h5-11,19H,3-4H2,1-2H3,(H,21,22);(H,6,7). The first-order chi connectivity index (χ1) is 14.7. The van der Waals surface area contributed by atoms with Gasteiger partial charge in [0, 0.05) is 18.8 Å². The summed E-state index contributed by atoms with van der Waals surface area (Å²) in [6, 6.07) is 10.5. The maximum absolute atomic E-state index is 12.5. The smallest absolute Gasteiger partial charge is 0.478 e. The number of nitrogens with zero attached hydrogens (tertiary/aromatic N) is 1. The predicted molar refractivity (Wildman–Crippen MR) is 113 cm³/mol. The molecule has 0 aromatic heterocycles. The van der Waals surface area contributed by atoms with E-state index < -0.39 is 28.1 Å². The summed E-state index contributed by atoms with van der Waals surface area (Å²) in [7, 11) is -3.92. The predicted octanol–water partition coefficient (Wildman–Crippen LogP) is 4.32. The molecule has 32 heavy (non-hydrogen) atoms. The molecule has 176 valence electrons. The molecular weight excluding hydrogens is 477 g/mol. The molecule has 0 aliphatic rings. The number of hydrogen-bond donors (Lipinski definition) is 3. The van der Waals surface area contributed by atoms with Crippen LogP contribution in [0.15, 0.2) is 47.4 Å². The van der Waals surface area contributed by atoms with Gasteiger partial charge in [-0.05, 0) is 44.2 Å². The summed E-state index contributed by atoms with van der Waals surface area (Å²) < 4.78 is 59.1. The van der Waals surface area contributed by atoms with Crippen molar-refractivity contribution < 1.29 is 41.4 Å². The third-order valence-electron chi connectivity index (χ3n) is 3.95. The molecule has 0 aliphatic heterocycles. The molecule has 13 heteroatoms. The van der Waals surface area contributed by atoms with Gasteiger partial charge < -0.3 is 15.1 Å². The second-order valence-corrected chi connectivity index (χ2v) is 8.11. The van der Waals surface area contributed by atoms with Crippen LogP contribution >= 0.6 is 11.6 Å². The van der Waals surface area contributed by atoms with Crippen LogP contribution in [0.5, 0.6) is 0 Å². The SMILES string of the molecule is CCN(CC)c1ccc(NS(=O)(=O)c2ccccc2Cl)cc1C(=O)O.O=C(O)C(F)(F)F. The van der Waals surface area contributed by atoms with E-state index >= 15 is 0 Å². The third-order valence-corrected chi connectivity index (χ3v) is 5.83. The van der Waals surface area contributed by atoms with Crippen LogP contribution in [-0.2, 0) is 14.8 Å². The molecular formula is C19H20ClF3N2O6S. The number of sulfonamides is 1. The number of aromatic carboxylic acids is 1. The summed E-state index contributed by atoms with van der Waals surface area (Å²) in [6.45, 7) is 5.12. The van der Waals surface area contributed by atoms with E-state index in [2.05, 4.69) is 4.72 Å². The number of carboxylic acid groups (broad SMARTS) is 2. The molecule has 0 atom stereocenters. The Morgan fingerprint density at radius 2 is 1.59 bits per heavy atom. The van der Waals surface area contributed by atoms with Gasteiger partial charge >= 0.3 is 18.1 Å². The van der Waals surface area contributed by atoms with Crippen molar-refractivity contribution in [3.8, 4) is 0 Å². The highest BCUT2D eigenvalue weighted by molar-refractivity contribution is 7.92. The number of nitrogens with one attached hydrogen (secondary N) is 1. The number of alkyl halides is 3. The van der Waals surface area contributed by atoms with Crippen LogP contribution in [-0.4, -0.2) is 49.8 Å². The Kier molecular flexibility index (Phi) is 9.34. The Bertz CT molecular complexity index is 1070. The number of carbonyl (C=O) groups is 2. The maximum Gasteiger partial charge on any atom is 0.490 e. The molecule has 3 N–H and O–H groups in total. The summed E-state index contributed by atoms with van der Waals surface area (Å²) in [6.07, 6.45) is -5.08. The van der Waals surface area contributed by atoms with Crippen molar-refractivity contribution in [2.45, 2.75) is 24.9 Å². The van der Waals surface area contributed by atoms with Gasteiger partial charge in [0.05, 0.1) is 16.3 Å². The van der Waals surface area contributed by atoms with Crippen molar-refractivity contribution in [1.82, 2.24) is 0 Å². The van der Waals surface area contributed by atoms with Gasteiger partial charge in [-0.1, -0.05) is 23.7 Å². The van der Waals surface area contributed by atoms with E-state index in [-0.39, 0.29) is 21.2 Å². The molecule has 2 aromatic rings. The van der Waals surface area contributed by atoms with Crippen molar-refractivity contribution in [2.24, 2.45) is 0 Å². The van der Waals surface area contributed by atoms with Gasteiger partial charge in [0.25, 0.3) is 10.0 Å². The van der Waals surface area contributed by atoms with E-state index in [1.165, 1.54) is 24.3 Å². The number of benzene rings is 2. The number of rotatable bonds is 7. The van der Waals surface area contributed by atoms with Crippen LogP contribution in [0.25, 0.3) is 0 Å². The Morgan fingerprint density at radius 1 is 1.06 bits per heavy atom. The van der Waals surface area contributed by atoms with Gasteiger partial charge in [-0.2, -0.15) is 13.2 Å². The second-order valence-electron chi connectivity index (χ2n) is 6.05. The molecule has 0 spiro atoms. The van der Waals surface area contributed by atoms with E-state index in [0.29, 0.717) is 18.8 Å². The topological polar surface area (TPSA) is 124 Å². The lowest BCUT2D eigenvalue weighted by Gasteiger charge is -2.23. The lowest BCUT2D eigenvalue weighted by molar-refractivity contribution is -0.192. The summed E-state index contributed by atoms with van der Waals surface area (Å²) in [5.41, 5.74) is 0.731. The Balaban J connectivity index is 0.000000633. The van der Waals surface area contributed by atoms with Crippen LogP contribution in [0.1, 0.15) is 24.2 Å². The van der Waals surface area contributed by atoms with E-state index in [1.807, 2.05) is 18.7 Å². The summed E-state index contributed by atoms with van der Waals surface area (Å²) in [5, 5.41) is 16.7. The second kappa shape index (κ2) is 11.0. The molecule has 0 saturated heterocycles. The molecule has 8 nitrogen and oxygen atoms in total. The first-order valence-electron chi connectivity index (χ1n) is 8.94. The Morgan fingerprint density at radius 3 is 2.03 bits per heavy atom. The van der Waals surface area contributed by atoms with Gasteiger partial charge in [0.15, 0.2) is 0 Å². The number of carboxylic acids is 2. The van der Waals surface area contributed by atoms with Crippen LogP contribution in [0.4, 0.5) is 24.5 Å². The molecule has 0 bridgehead atoms. The largest absolute Gasteiger partial charge is 0.490 e. The van der Waals surface area contributed by atoms with E-state index in [4.69, 9.17) is 21.5 Å². The summed E-state index contributed by atoms with van der Waals surface area (Å²) in [4.78, 5) is 22.3. The Labute approximate surface area is 187 Å². The zero-order chi connectivity index (χ0) is 24.7. The Hall–Kier alpha value is -2.99. The number of aliphatic carboxylic acids is 1. The number of anilines is 2. The number of halogens is 4. The first kappa shape index (κ1) is 27.0. The average molecular weight is 497 g/mol. The maximum atomic E-state index is 12.5. The fourth-order valence-corrected chi connectivity index (χ4v) is 4.05. The van der Waals surface area contributed by atoms with E-state index in [1.54, 1.807) is 18.2 Å². The highest BCUT2D eigenvalue weighted by Gasteiger charge is 2.38. The highest BCUT2D eigenvalue weighted by Crippen LogP contribution is 2.27. The normalized spacial score (nSPS) is 11.2. The molecule has 2 rings (SSSR count). The van der Waals surface area contributed by atoms with Crippen LogP contribution in [0.3, 0.4) is 0 Å². The zero-order valence-electron chi connectivity index (χ0n) is 16.9. The van der Waals surface area contributed by atoms with Gasteiger partial charge in [-0.15, -0.1) is 0 Å². The van der Waals surface area contributed by atoms with Gasteiger partial charge in [-0.25, -0.2) is 18.0 Å². The average Bonchev–Trinajstić information content (AvgIpc) is 2.69. The zero-order valence-corrected chi connectivity index (χ0v) is 18.4.